The lowest BCUT2D eigenvalue weighted by Gasteiger charge is -2.12. The third kappa shape index (κ3) is 2.57. The quantitative estimate of drug-likeness (QED) is 0.823. The molecule has 0 atom stereocenters. The van der Waals surface area contributed by atoms with Crippen molar-refractivity contribution in [3.05, 3.63) is 41.6 Å². The first-order chi connectivity index (χ1) is 10.1. The second kappa shape index (κ2) is 5.35. The molecule has 1 aromatic heterocycles. The monoisotopic (exact) mass is 285 g/mol. The Labute approximate surface area is 122 Å². The van der Waals surface area contributed by atoms with Crippen LogP contribution in [0, 0.1) is 0 Å². The number of aromatic nitrogens is 2. The normalized spacial score (nSPS) is 13.6. The first-order valence-corrected chi connectivity index (χ1v) is 6.83. The molecular formula is C14H16BN3O3. The molecule has 0 spiro atoms. The zero-order chi connectivity index (χ0) is 15.0. The van der Waals surface area contributed by atoms with Gasteiger partial charge in [0.25, 0.3) is 5.91 Å². The van der Waals surface area contributed by atoms with Gasteiger partial charge >= 0.3 is 7.12 Å². The van der Waals surface area contributed by atoms with Crippen LogP contribution in [0.2, 0.25) is 0 Å². The number of rotatable bonds is 3. The molecule has 0 aliphatic carbocycles. The topological polar surface area (TPSA) is 76.4 Å². The Morgan fingerprint density at radius 1 is 1.48 bits per heavy atom. The smallest absolute Gasteiger partial charge is 0.423 e. The lowest BCUT2D eigenvalue weighted by atomic mass is 9.79. The molecule has 0 bridgehead atoms. The van der Waals surface area contributed by atoms with Crippen LogP contribution in [0.1, 0.15) is 35.8 Å². The fourth-order valence-corrected chi connectivity index (χ4v) is 2.37. The molecule has 0 saturated carbocycles. The van der Waals surface area contributed by atoms with Crippen molar-refractivity contribution in [1.29, 1.82) is 0 Å². The summed E-state index contributed by atoms with van der Waals surface area (Å²) in [6.45, 7) is 4.36. The van der Waals surface area contributed by atoms with Gasteiger partial charge in [-0.2, -0.15) is 5.10 Å². The van der Waals surface area contributed by atoms with Gasteiger partial charge in [0.1, 0.15) is 5.82 Å². The minimum Gasteiger partial charge on any atom is -0.423 e. The number of carbonyl (C=O) groups excluding carboxylic acids is 1. The van der Waals surface area contributed by atoms with E-state index >= 15 is 0 Å². The average Bonchev–Trinajstić information content (AvgIpc) is 3.06. The summed E-state index contributed by atoms with van der Waals surface area (Å²) in [7, 11) is -0.950. The molecule has 2 aromatic rings. The van der Waals surface area contributed by atoms with E-state index in [1.54, 1.807) is 35.1 Å². The van der Waals surface area contributed by atoms with E-state index < -0.39 is 7.12 Å². The molecule has 3 rings (SSSR count). The molecule has 1 amide bonds. The van der Waals surface area contributed by atoms with E-state index in [0.29, 0.717) is 23.5 Å². The maximum atomic E-state index is 12.3. The first-order valence-electron chi connectivity index (χ1n) is 6.83. The van der Waals surface area contributed by atoms with Crippen molar-refractivity contribution >= 4 is 24.3 Å². The molecule has 108 valence electrons. The number of nitrogens with zero attached hydrogens (tertiary/aromatic N) is 2. The molecule has 0 saturated heterocycles. The zero-order valence-corrected chi connectivity index (χ0v) is 11.9. The van der Waals surface area contributed by atoms with Gasteiger partial charge in [0.05, 0.1) is 12.8 Å². The summed E-state index contributed by atoms with van der Waals surface area (Å²) in [5, 5.41) is 16.7. The van der Waals surface area contributed by atoms with Crippen molar-refractivity contribution in [2.24, 2.45) is 0 Å². The molecule has 21 heavy (non-hydrogen) atoms. The van der Waals surface area contributed by atoms with Crippen LogP contribution in [0.25, 0.3) is 0 Å². The first kappa shape index (κ1) is 13.8. The van der Waals surface area contributed by atoms with Crippen LogP contribution in [0.4, 0.5) is 5.82 Å². The maximum absolute atomic E-state index is 12.3. The highest BCUT2D eigenvalue weighted by Gasteiger charge is 2.28. The van der Waals surface area contributed by atoms with Gasteiger partial charge in [0, 0.05) is 17.7 Å². The van der Waals surface area contributed by atoms with E-state index in [1.807, 2.05) is 13.8 Å². The highest BCUT2D eigenvalue weighted by atomic mass is 16.5. The van der Waals surface area contributed by atoms with Crippen LogP contribution in [0.15, 0.2) is 30.5 Å². The Morgan fingerprint density at radius 3 is 3.05 bits per heavy atom. The lowest BCUT2D eigenvalue weighted by molar-refractivity contribution is 0.102. The summed E-state index contributed by atoms with van der Waals surface area (Å²) < 4.78 is 6.86. The van der Waals surface area contributed by atoms with E-state index in [4.69, 9.17) is 4.65 Å². The van der Waals surface area contributed by atoms with Gasteiger partial charge < -0.3 is 15.0 Å². The molecule has 0 fully saturated rings. The van der Waals surface area contributed by atoms with Crippen molar-refractivity contribution in [2.45, 2.75) is 26.5 Å². The Morgan fingerprint density at radius 2 is 2.29 bits per heavy atom. The predicted octanol–water partition coefficient (Wildman–Crippen LogP) is 0.934. The number of nitrogens with one attached hydrogen (secondary N) is 1. The van der Waals surface area contributed by atoms with Gasteiger partial charge in [-0.1, -0.05) is 6.07 Å². The van der Waals surface area contributed by atoms with Gasteiger partial charge in [-0.05, 0) is 37.0 Å². The predicted molar refractivity (Wildman–Crippen MR) is 79.4 cm³/mol. The molecule has 1 aliphatic rings. The number of fused-ring (bicyclic) bond motifs is 1. The molecule has 0 radical (unpaired) electrons. The number of hydrogen-bond donors (Lipinski definition) is 2. The van der Waals surface area contributed by atoms with E-state index in [1.165, 1.54) is 0 Å². The highest BCUT2D eigenvalue weighted by Crippen LogP contribution is 2.16. The number of amides is 1. The van der Waals surface area contributed by atoms with Gasteiger partial charge in [-0.15, -0.1) is 0 Å². The Hall–Kier alpha value is -2.12. The van der Waals surface area contributed by atoms with Crippen molar-refractivity contribution in [2.75, 3.05) is 5.32 Å². The van der Waals surface area contributed by atoms with E-state index in [0.717, 1.165) is 5.56 Å². The van der Waals surface area contributed by atoms with Crippen LogP contribution in [-0.4, -0.2) is 27.8 Å². The third-order valence-electron chi connectivity index (χ3n) is 3.47. The number of carbonyl (C=O) groups is 1. The van der Waals surface area contributed by atoms with Crippen molar-refractivity contribution in [3.8, 4) is 0 Å². The van der Waals surface area contributed by atoms with Gasteiger partial charge in [-0.25, -0.2) is 4.68 Å². The molecule has 1 aliphatic heterocycles. The number of anilines is 1. The molecule has 1 aromatic carbocycles. The molecule has 2 N–H and O–H groups in total. The largest absolute Gasteiger partial charge is 0.491 e. The van der Waals surface area contributed by atoms with E-state index in [9.17, 15) is 9.82 Å². The SMILES string of the molecule is CC(C)n1nccc1NC(=O)c1ccc2c(c1)B(O)OC2. The van der Waals surface area contributed by atoms with Crippen LogP contribution in [0.3, 0.4) is 0 Å². The third-order valence-corrected chi connectivity index (χ3v) is 3.47. The summed E-state index contributed by atoms with van der Waals surface area (Å²) in [5.74, 6) is 0.409. The Bertz CT molecular complexity index is 684. The second-order valence-corrected chi connectivity index (χ2v) is 5.29. The van der Waals surface area contributed by atoms with Crippen molar-refractivity contribution < 1.29 is 14.5 Å². The van der Waals surface area contributed by atoms with Gasteiger partial charge in [-0.3, -0.25) is 4.79 Å². The fourth-order valence-electron chi connectivity index (χ4n) is 2.37. The Balaban J connectivity index is 1.83. The summed E-state index contributed by atoms with van der Waals surface area (Å²) in [6.07, 6.45) is 1.65. The summed E-state index contributed by atoms with van der Waals surface area (Å²) in [6, 6.07) is 7.11. The van der Waals surface area contributed by atoms with Crippen LogP contribution in [0.5, 0.6) is 0 Å². The van der Waals surface area contributed by atoms with E-state index in [-0.39, 0.29) is 11.9 Å². The van der Waals surface area contributed by atoms with Crippen LogP contribution >= 0.6 is 0 Å². The van der Waals surface area contributed by atoms with Crippen LogP contribution in [-0.2, 0) is 11.3 Å². The lowest BCUT2D eigenvalue weighted by Crippen LogP contribution is -2.29. The molecule has 7 heteroatoms. The molecule has 0 unspecified atom stereocenters. The van der Waals surface area contributed by atoms with E-state index in [2.05, 4.69) is 10.4 Å². The van der Waals surface area contributed by atoms with Gasteiger partial charge in [0.2, 0.25) is 0 Å². The molecular weight excluding hydrogens is 269 g/mol. The fraction of sp³-hybridized carbons (Fsp3) is 0.286. The Kier molecular flexibility index (Phi) is 3.53. The summed E-state index contributed by atoms with van der Waals surface area (Å²) >= 11 is 0. The standard InChI is InChI=1S/C14H16BN3O3/c1-9(2)18-13(5-6-16-18)17-14(19)10-3-4-11-8-21-15(20)12(11)7-10/h3-7,9,20H,8H2,1-2H3,(H,17,19). The molecule has 6 nitrogen and oxygen atoms in total. The van der Waals surface area contributed by atoms with Gasteiger partial charge in [0.15, 0.2) is 0 Å². The average molecular weight is 285 g/mol. The second-order valence-electron chi connectivity index (χ2n) is 5.29. The van der Waals surface area contributed by atoms with Crippen molar-refractivity contribution in [1.82, 2.24) is 9.78 Å². The van der Waals surface area contributed by atoms with Crippen LogP contribution < -0.4 is 10.8 Å². The highest BCUT2D eigenvalue weighted by molar-refractivity contribution is 6.61. The number of benzene rings is 1. The summed E-state index contributed by atoms with van der Waals surface area (Å²) in [4.78, 5) is 12.3. The zero-order valence-electron chi connectivity index (χ0n) is 11.9. The summed E-state index contributed by atoms with van der Waals surface area (Å²) in [5.41, 5.74) is 2.04. The maximum Gasteiger partial charge on any atom is 0.491 e. The molecule has 2 heterocycles. The minimum atomic E-state index is -0.950. The minimum absolute atomic E-state index is 0.158. The van der Waals surface area contributed by atoms with Crippen molar-refractivity contribution in [3.63, 3.8) is 0 Å². The number of hydrogen-bond acceptors (Lipinski definition) is 4.